The molecular formula is C15H17F2NO4. The topological polar surface area (TPSA) is 75.6 Å². The third-order valence-corrected chi connectivity index (χ3v) is 3.69. The molecule has 0 aliphatic heterocycles. The summed E-state index contributed by atoms with van der Waals surface area (Å²) in [6, 6.07) is 2.75. The van der Waals surface area contributed by atoms with Crippen molar-refractivity contribution in [1.29, 1.82) is 0 Å². The molecule has 2 N–H and O–H groups in total. The van der Waals surface area contributed by atoms with Crippen molar-refractivity contribution in [3.05, 3.63) is 29.8 Å². The Kier molecular flexibility index (Phi) is 5.30. The monoisotopic (exact) mass is 313 g/mol. The summed E-state index contributed by atoms with van der Waals surface area (Å²) >= 11 is 0. The molecule has 1 saturated carbocycles. The minimum Gasteiger partial charge on any atom is -0.481 e. The predicted octanol–water partition coefficient (Wildman–Crippen LogP) is 2.10. The second kappa shape index (κ2) is 7.20. The van der Waals surface area contributed by atoms with Crippen LogP contribution in [0.3, 0.4) is 0 Å². The second-order valence-electron chi connectivity index (χ2n) is 5.32. The zero-order valence-corrected chi connectivity index (χ0v) is 11.9. The lowest BCUT2D eigenvalue weighted by molar-refractivity contribution is -0.142. The lowest BCUT2D eigenvalue weighted by Crippen LogP contribution is -2.40. The highest BCUT2D eigenvalue weighted by Gasteiger charge is 2.26. The molecule has 0 spiro atoms. The summed E-state index contributed by atoms with van der Waals surface area (Å²) in [4.78, 5) is 22.6. The molecule has 120 valence electrons. The molecule has 0 aromatic heterocycles. The summed E-state index contributed by atoms with van der Waals surface area (Å²) in [6.07, 6.45) is 2.22. The van der Waals surface area contributed by atoms with Crippen LogP contribution in [0.5, 0.6) is 5.75 Å². The molecular weight excluding hydrogens is 296 g/mol. The van der Waals surface area contributed by atoms with E-state index in [1.807, 2.05) is 0 Å². The lowest BCUT2D eigenvalue weighted by atomic mass is 9.86. The molecule has 0 bridgehead atoms. The van der Waals surface area contributed by atoms with Crippen molar-refractivity contribution in [2.45, 2.75) is 31.7 Å². The van der Waals surface area contributed by atoms with Crippen molar-refractivity contribution in [3.8, 4) is 5.75 Å². The van der Waals surface area contributed by atoms with Crippen LogP contribution in [-0.2, 0) is 9.59 Å². The highest BCUT2D eigenvalue weighted by molar-refractivity contribution is 5.78. The smallest absolute Gasteiger partial charge is 0.306 e. The van der Waals surface area contributed by atoms with E-state index in [-0.39, 0.29) is 24.3 Å². The number of rotatable bonds is 5. The molecule has 1 aromatic carbocycles. The van der Waals surface area contributed by atoms with Gasteiger partial charge in [-0.1, -0.05) is 0 Å². The van der Waals surface area contributed by atoms with Crippen LogP contribution in [0.4, 0.5) is 8.78 Å². The normalized spacial score (nSPS) is 21.2. The Balaban J connectivity index is 1.75. The van der Waals surface area contributed by atoms with Crippen molar-refractivity contribution in [3.63, 3.8) is 0 Å². The third kappa shape index (κ3) is 4.41. The fourth-order valence-electron chi connectivity index (χ4n) is 2.49. The summed E-state index contributed by atoms with van der Waals surface area (Å²) in [7, 11) is 0. The Morgan fingerprint density at radius 3 is 2.50 bits per heavy atom. The van der Waals surface area contributed by atoms with Gasteiger partial charge in [0.2, 0.25) is 0 Å². The number of carbonyl (C=O) groups excluding carboxylic acids is 1. The van der Waals surface area contributed by atoms with E-state index in [9.17, 15) is 18.4 Å². The number of hydrogen-bond acceptors (Lipinski definition) is 3. The first-order valence-corrected chi connectivity index (χ1v) is 7.05. The summed E-state index contributed by atoms with van der Waals surface area (Å²) in [5, 5.41) is 11.6. The van der Waals surface area contributed by atoms with E-state index >= 15 is 0 Å². The molecule has 0 radical (unpaired) electrons. The minimum absolute atomic E-state index is 0.0928. The average Bonchev–Trinajstić information content (AvgIpc) is 2.47. The van der Waals surface area contributed by atoms with Crippen LogP contribution in [0.2, 0.25) is 0 Å². The van der Waals surface area contributed by atoms with Crippen molar-refractivity contribution < 1.29 is 28.2 Å². The van der Waals surface area contributed by atoms with Crippen LogP contribution in [0.15, 0.2) is 18.2 Å². The molecule has 1 aliphatic rings. The van der Waals surface area contributed by atoms with Gasteiger partial charge in [-0.15, -0.1) is 0 Å². The predicted molar refractivity (Wildman–Crippen MR) is 73.4 cm³/mol. The molecule has 0 heterocycles. The Hall–Kier alpha value is -2.18. The number of aliphatic carboxylic acids is 1. The van der Waals surface area contributed by atoms with Gasteiger partial charge in [0.15, 0.2) is 18.2 Å². The van der Waals surface area contributed by atoms with E-state index < -0.39 is 23.5 Å². The van der Waals surface area contributed by atoms with Crippen LogP contribution < -0.4 is 10.1 Å². The van der Waals surface area contributed by atoms with Crippen molar-refractivity contribution in [2.75, 3.05) is 6.61 Å². The maximum Gasteiger partial charge on any atom is 0.306 e. The third-order valence-electron chi connectivity index (χ3n) is 3.69. The van der Waals surface area contributed by atoms with Gasteiger partial charge < -0.3 is 15.2 Å². The quantitative estimate of drug-likeness (QED) is 0.873. The number of amides is 1. The van der Waals surface area contributed by atoms with E-state index in [1.165, 1.54) is 0 Å². The molecule has 1 fully saturated rings. The van der Waals surface area contributed by atoms with E-state index in [0.717, 1.165) is 12.1 Å². The zero-order valence-electron chi connectivity index (χ0n) is 11.9. The largest absolute Gasteiger partial charge is 0.481 e. The highest BCUT2D eigenvalue weighted by atomic mass is 19.1. The Labute approximate surface area is 126 Å². The maximum atomic E-state index is 13.3. The van der Waals surface area contributed by atoms with Crippen LogP contribution in [0, 0.1) is 17.6 Å². The molecule has 1 aromatic rings. The van der Waals surface area contributed by atoms with E-state index in [0.29, 0.717) is 31.7 Å². The van der Waals surface area contributed by atoms with E-state index in [4.69, 9.17) is 9.84 Å². The lowest BCUT2D eigenvalue weighted by Gasteiger charge is -2.26. The van der Waals surface area contributed by atoms with E-state index in [2.05, 4.69) is 5.32 Å². The molecule has 0 unspecified atom stereocenters. The fourth-order valence-corrected chi connectivity index (χ4v) is 2.49. The number of hydrogen-bond donors (Lipinski definition) is 2. The summed E-state index contributed by atoms with van der Waals surface area (Å²) in [5.74, 6) is -3.34. The number of halogens is 2. The molecule has 0 atom stereocenters. The molecule has 7 heteroatoms. The van der Waals surface area contributed by atoms with Gasteiger partial charge >= 0.3 is 5.97 Å². The standard InChI is InChI=1S/C15H17F2NO4/c16-10-3-6-13(12(17)7-10)22-8-14(19)18-11-4-1-9(2-5-11)15(20)21/h3,6-7,9,11H,1-2,4-5,8H2,(H,18,19)(H,20,21). The maximum absolute atomic E-state index is 13.3. The number of ether oxygens (including phenoxy) is 1. The second-order valence-corrected chi connectivity index (χ2v) is 5.32. The van der Waals surface area contributed by atoms with Gasteiger partial charge in [0, 0.05) is 12.1 Å². The number of carbonyl (C=O) groups is 2. The number of nitrogens with one attached hydrogen (secondary N) is 1. The molecule has 0 saturated heterocycles. The zero-order chi connectivity index (χ0) is 16.1. The van der Waals surface area contributed by atoms with Crippen LogP contribution in [0.1, 0.15) is 25.7 Å². The van der Waals surface area contributed by atoms with Crippen LogP contribution in [-0.4, -0.2) is 29.6 Å². The van der Waals surface area contributed by atoms with Gasteiger partial charge in [-0.05, 0) is 37.8 Å². The molecule has 1 aliphatic carbocycles. The van der Waals surface area contributed by atoms with Gasteiger partial charge in [-0.3, -0.25) is 9.59 Å². The molecule has 5 nitrogen and oxygen atoms in total. The van der Waals surface area contributed by atoms with Crippen molar-refractivity contribution >= 4 is 11.9 Å². The summed E-state index contributed by atoms with van der Waals surface area (Å²) in [6.45, 7) is -0.374. The van der Waals surface area contributed by atoms with Gasteiger partial charge in [0.1, 0.15) is 5.82 Å². The van der Waals surface area contributed by atoms with Gasteiger partial charge in [-0.2, -0.15) is 0 Å². The summed E-state index contributed by atoms with van der Waals surface area (Å²) in [5.41, 5.74) is 0. The number of benzene rings is 1. The first kappa shape index (κ1) is 16.2. The van der Waals surface area contributed by atoms with Gasteiger partial charge in [0.05, 0.1) is 5.92 Å². The van der Waals surface area contributed by atoms with E-state index in [1.54, 1.807) is 0 Å². The van der Waals surface area contributed by atoms with Gasteiger partial charge in [-0.25, -0.2) is 8.78 Å². The van der Waals surface area contributed by atoms with Crippen molar-refractivity contribution in [2.24, 2.45) is 5.92 Å². The Morgan fingerprint density at radius 2 is 1.91 bits per heavy atom. The fraction of sp³-hybridized carbons (Fsp3) is 0.467. The van der Waals surface area contributed by atoms with Crippen LogP contribution in [0.25, 0.3) is 0 Å². The first-order valence-electron chi connectivity index (χ1n) is 7.05. The van der Waals surface area contributed by atoms with Crippen molar-refractivity contribution in [1.82, 2.24) is 5.32 Å². The number of carboxylic acids is 1. The average molecular weight is 313 g/mol. The molecule has 2 rings (SSSR count). The first-order chi connectivity index (χ1) is 10.5. The Bertz CT molecular complexity index is 556. The number of carboxylic acid groups (broad SMARTS) is 1. The minimum atomic E-state index is -0.866. The van der Waals surface area contributed by atoms with Crippen LogP contribution >= 0.6 is 0 Å². The van der Waals surface area contributed by atoms with Gasteiger partial charge in [0.25, 0.3) is 5.91 Å². The molecule has 22 heavy (non-hydrogen) atoms. The SMILES string of the molecule is O=C(COc1ccc(F)cc1F)NC1CCC(C(=O)O)CC1. The Morgan fingerprint density at radius 1 is 1.23 bits per heavy atom. The highest BCUT2D eigenvalue weighted by Crippen LogP contribution is 2.24. The summed E-state index contributed by atoms with van der Waals surface area (Å²) < 4.78 is 31.1. The molecule has 1 amide bonds.